The molecular weight excluding hydrogens is 128 g/mol. The lowest BCUT2D eigenvalue weighted by Crippen LogP contribution is -2.23. The van der Waals surface area contributed by atoms with Crippen molar-refractivity contribution in [2.75, 3.05) is 0 Å². The van der Waals surface area contributed by atoms with Gasteiger partial charge in [-0.25, -0.2) is 0 Å². The third kappa shape index (κ3) is 1.43. The van der Waals surface area contributed by atoms with Gasteiger partial charge < -0.3 is 4.79 Å². The van der Waals surface area contributed by atoms with Gasteiger partial charge in [-0.15, -0.1) is 0 Å². The molecule has 0 radical (unpaired) electrons. The molecule has 56 valence electrons. The third-order valence-corrected chi connectivity index (χ3v) is 2.21. The Bertz CT molecular complexity index is 151. The van der Waals surface area contributed by atoms with Crippen LogP contribution in [0.5, 0.6) is 0 Å². The zero-order chi connectivity index (χ0) is 7.56. The molecule has 1 aliphatic rings. The minimum atomic E-state index is 0.137. The van der Waals surface area contributed by atoms with Gasteiger partial charge in [0, 0.05) is 18.8 Å². The summed E-state index contributed by atoms with van der Waals surface area (Å²) in [6.07, 6.45) is 2.96. The van der Waals surface area contributed by atoms with Gasteiger partial charge in [0.25, 0.3) is 0 Å². The van der Waals surface area contributed by atoms with Crippen LogP contribution in [0, 0.1) is 11.8 Å². The molecule has 0 spiro atoms. The van der Waals surface area contributed by atoms with Crippen molar-refractivity contribution in [3.63, 3.8) is 0 Å². The number of Topliss-reactive ketones (excluding diaryl/α,β-unsaturated/α-hetero) is 1. The van der Waals surface area contributed by atoms with Gasteiger partial charge in [-0.05, 0) is 12.3 Å². The van der Waals surface area contributed by atoms with Gasteiger partial charge in [-0.2, -0.15) is 0 Å². The molecule has 0 unspecified atom stereocenters. The summed E-state index contributed by atoms with van der Waals surface area (Å²) in [6.45, 7) is 1.97. The number of hydrogen-bond acceptors (Lipinski definition) is 2. The van der Waals surface area contributed by atoms with Gasteiger partial charge in [-0.1, -0.05) is 6.92 Å². The average molecular weight is 140 g/mol. The second-order valence-electron chi connectivity index (χ2n) is 3.06. The molecule has 0 aromatic carbocycles. The minimum absolute atomic E-state index is 0.137. The second kappa shape index (κ2) is 2.95. The topological polar surface area (TPSA) is 34.1 Å². The first kappa shape index (κ1) is 7.45. The molecule has 0 aromatic rings. The lowest BCUT2D eigenvalue weighted by Gasteiger charge is -2.22. The van der Waals surface area contributed by atoms with Gasteiger partial charge in [0.15, 0.2) is 0 Å². The Labute approximate surface area is 60.6 Å². The highest BCUT2D eigenvalue weighted by atomic mass is 16.1. The SMILES string of the molecule is C[C@H]1CC(=O)CC[C@H]1C=O. The molecule has 2 heteroatoms. The highest BCUT2D eigenvalue weighted by Crippen LogP contribution is 2.25. The van der Waals surface area contributed by atoms with Gasteiger partial charge in [0.2, 0.25) is 0 Å². The van der Waals surface area contributed by atoms with Crippen molar-refractivity contribution in [1.29, 1.82) is 0 Å². The van der Waals surface area contributed by atoms with E-state index in [0.29, 0.717) is 18.6 Å². The Kier molecular flexibility index (Phi) is 2.20. The van der Waals surface area contributed by atoms with Gasteiger partial charge in [0.1, 0.15) is 12.1 Å². The minimum Gasteiger partial charge on any atom is -0.303 e. The van der Waals surface area contributed by atoms with E-state index in [-0.39, 0.29) is 11.8 Å². The Morgan fingerprint density at radius 3 is 2.80 bits per heavy atom. The monoisotopic (exact) mass is 140 g/mol. The van der Waals surface area contributed by atoms with E-state index in [2.05, 4.69) is 0 Å². The fraction of sp³-hybridized carbons (Fsp3) is 0.750. The molecule has 0 amide bonds. The van der Waals surface area contributed by atoms with E-state index in [1.807, 2.05) is 6.92 Å². The summed E-state index contributed by atoms with van der Waals surface area (Å²) in [4.78, 5) is 21.2. The Balaban J connectivity index is 2.50. The number of hydrogen-bond donors (Lipinski definition) is 0. The first-order chi connectivity index (χ1) is 4.74. The third-order valence-electron chi connectivity index (χ3n) is 2.21. The molecule has 0 bridgehead atoms. The van der Waals surface area contributed by atoms with E-state index in [9.17, 15) is 9.59 Å². The van der Waals surface area contributed by atoms with Crippen LogP contribution in [0.15, 0.2) is 0 Å². The van der Waals surface area contributed by atoms with Crippen LogP contribution >= 0.6 is 0 Å². The fourth-order valence-corrected chi connectivity index (χ4v) is 1.43. The van der Waals surface area contributed by atoms with Crippen LogP contribution in [-0.4, -0.2) is 12.1 Å². The van der Waals surface area contributed by atoms with E-state index in [4.69, 9.17) is 0 Å². The molecule has 0 N–H and O–H groups in total. The van der Waals surface area contributed by atoms with Crippen molar-refractivity contribution >= 4 is 12.1 Å². The van der Waals surface area contributed by atoms with E-state index in [1.54, 1.807) is 0 Å². The van der Waals surface area contributed by atoms with Crippen molar-refractivity contribution in [2.45, 2.75) is 26.2 Å². The lowest BCUT2D eigenvalue weighted by molar-refractivity contribution is -0.124. The van der Waals surface area contributed by atoms with E-state index in [1.165, 1.54) is 0 Å². The largest absolute Gasteiger partial charge is 0.303 e. The molecule has 1 fully saturated rings. The maximum atomic E-state index is 10.8. The molecule has 0 aliphatic heterocycles. The maximum absolute atomic E-state index is 10.8. The van der Waals surface area contributed by atoms with Crippen LogP contribution in [0.25, 0.3) is 0 Å². The molecule has 2 nitrogen and oxygen atoms in total. The molecule has 0 aromatic heterocycles. The average Bonchev–Trinajstić information content (AvgIpc) is 1.88. The first-order valence-corrected chi connectivity index (χ1v) is 3.71. The van der Waals surface area contributed by atoms with E-state index >= 15 is 0 Å². The molecule has 1 rings (SSSR count). The molecule has 1 aliphatic carbocycles. The second-order valence-corrected chi connectivity index (χ2v) is 3.06. The molecule has 2 atom stereocenters. The lowest BCUT2D eigenvalue weighted by atomic mass is 9.81. The summed E-state index contributed by atoms with van der Waals surface area (Å²) in [5.74, 6) is 0.724. The van der Waals surface area contributed by atoms with Gasteiger partial charge in [0.05, 0.1) is 0 Å². The predicted molar refractivity (Wildman–Crippen MR) is 37.6 cm³/mol. The first-order valence-electron chi connectivity index (χ1n) is 3.71. The summed E-state index contributed by atoms with van der Waals surface area (Å²) in [7, 11) is 0. The van der Waals surface area contributed by atoms with Crippen LogP contribution in [-0.2, 0) is 9.59 Å². The summed E-state index contributed by atoms with van der Waals surface area (Å²) in [5, 5.41) is 0. The van der Waals surface area contributed by atoms with Crippen LogP contribution in [0.1, 0.15) is 26.2 Å². The fourth-order valence-electron chi connectivity index (χ4n) is 1.43. The van der Waals surface area contributed by atoms with Crippen molar-refractivity contribution in [1.82, 2.24) is 0 Å². The summed E-state index contributed by atoms with van der Waals surface area (Å²) >= 11 is 0. The molecule has 10 heavy (non-hydrogen) atoms. The summed E-state index contributed by atoms with van der Waals surface area (Å²) in [6, 6.07) is 0. The normalized spacial score (nSPS) is 33.9. The highest BCUT2D eigenvalue weighted by molar-refractivity contribution is 5.80. The van der Waals surface area contributed by atoms with Crippen molar-refractivity contribution in [3.8, 4) is 0 Å². The quantitative estimate of drug-likeness (QED) is 0.513. The molecule has 0 saturated heterocycles. The van der Waals surface area contributed by atoms with Crippen LogP contribution in [0.2, 0.25) is 0 Å². The Hall–Kier alpha value is -0.660. The van der Waals surface area contributed by atoms with Crippen molar-refractivity contribution in [3.05, 3.63) is 0 Å². The Morgan fingerprint density at radius 1 is 1.60 bits per heavy atom. The summed E-state index contributed by atoms with van der Waals surface area (Å²) < 4.78 is 0. The van der Waals surface area contributed by atoms with Gasteiger partial charge >= 0.3 is 0 Å². The zero-order valence-corrected chi connectivity index (χ0v) is 6.17. The smallest absolute Gasteiger partial charge is 0.133 e. The molecule has 0 heterocycles. The molecule has 1 saturated carbocycles. The van der Waals surface area contributed by atoms with Crippen molar-refractivity contribution in [2.24, 2.45) is 11.8 Å². The number of carbonyl (C=O) groups is 2. The Morgan fingerprint density at radius 2 is 2.30 bits per heavy atom. The van der Waals surface area contributed by atoms with Gasteiger partial charge in [-0.3, -0.25) is 4.79 Å². The highest BCUT2D eigenvalue weighted by Gasteiger charge is 2.24. The maximum Gasteiger partial charge on any atom is 0.133 e. The standard InChI is InChI=1S/C8H12O2/c1-6-4-8(10)3-2-7(6)5-9/h5-7H,2-4H2,1H3/t6-,7-/m0/s1. The number of rotatable bonds is 1. The van der Waals surface area contributed by atoms with Crippen LogP contribution in [0.3, 0.4) is 0 Å². The summed E-state index contributed by atoms with van der Waals surface area (Å²) in [5.41, 5.74) is 0. The number of carbonyl (C=O) groups excluding carboxylic acids is 2. The van der Waals surface area contributed by atoms with E-state index < -0.39 is 0 Å². The van der Waals surface area contributed by atoms with Crippen LogP contribution in [0.4, 0.5) is 0 Å². The van der Waals surface area contributed by atoms with Crippen LogP contribution < -0.4 is 0 Å². The predicted octanol–water partition coefficient (Wildman–Crippen LogP) is 1.19. The van der Waals surface area contributed by atoms with Crippen molar-refractivity contribution < 1.29 is 9.59 Å². The van der Waals surface area contributed by atoms with E-state index in [0.717, 1.165) is 12.7 Å². The zero-order valence-electron chi connectivity index (χ0n) is 6.17. The number of aldehydes is 1. The molecular formula is C8H12O2. The number of ketones is 1.